The minimum Gasteiger partial charge on any atom is -0.497 e. The Balaban J connectivity index is 1.70. The van der Waals surface area contributed by atoms with Gasteiger partial charge in [0.2, 0.25) is 11.8 Å². The molecule has 2 aromatic carbocycles. The quantitative estimate of drug-likeness (QED) is 0.698. The van der Waals surface area contributed by atoms with Crippen LogP contribution in [0, 0.1) is 5.92 Å². The fourth-order valence-electron chi connectivity index (χ4n) is 3.32. The smallest absolute Gasteiger partial charge is 0.222 e. The van der Waals surface area contributed by atoms with Gasteiger partial charge < -0.3 is 15.4 Å². The zero-order valence-electron chi connectivity index (χ0n) is 16.1. The molecule has 1 aliphatic rings. The standard InChI is InChI=1S/C22H25ClN2O3/c1-14(26)24-20(15-5-9-18(23)10-6-15)13-21(27)25-22(16-3-4-16)17-7-11-19(28-2)12-8-17/h5-12,16,20,22H,3-4,13H2,1-2H3,(H,24,26)(H,25,27). The summed E-state index contributed by atoms with van der Waals surface area (Å²) in [7, 11) is 1.63. The van der Waals surface area contributed by atoms with Crippen molar-refractivity contribution in [1.29, 1.82) is 0 Å². The van der Waals surface area contributed by atoms with Crippen LogP contribution in [0.3, 0.4) is 0 Å². The second-order valence-corrected chi connectivity index (χ2v) is 7.60. The fraction of sp³-hybridized carbons (Fsp3) is 0.364. The lowest BCUT2D eigenvalue weighted by Crippen LogP contribution is -2.35. The molecule has 5 nitrogen and oxygen atoms in total. The monoisotopic (exact) mass is 400 g/mol. The molecular formula is C22H25ClN2O3. The highest BCUT2D eigenvalue weighted by Gasteiger charge is 2.33. The first kappa shape index (κ1) is 20.2. The van der Waals surface area contributed by atoms with Crippen LogP contribution in [0.5, 0.6) is 5.75 Å². The molecule has 6 heteroatoms. The maximum absolute atomic E-state index is 12.8. The largest absolute Gasteiger partial charge is 0.497 e. The number of hydrogen-bond acceptors (Lipinski definition) is 3. The zero-order chi connectivity index (χ0) is 20.1. The average Bonchev–Trinajstić information content (AvgIpc) is 3.51. The first-order valence-corrected chi connectivity index (χ1v) is 9.80. The highest BCUT2D eigenvalue weighted by Crippen LogP contribution is 2.41. The molecule has 0 bridgehead atoms. The third kappa shape index (κ3) is 5.49. The lowest BCUT2D eigenvalue weighted by Gasteiger charge is -2.22. The van der Waals surface area contributed by atoms with Gasteiger partial charge in [-0.2, -0.15) is 0 Å². The number of methoxy groups -OCH3 is 1. The molecule has 148 valence electrons. The molecule has 0 aromatic heterocycles. The number of carbonyl (C=O) groups is 2. The Kier molecular flexibility index (Phi) is 6.57. The fourth-order valence-corrected chi connectivity index (χ4v) is 3.45. The Bertz CT molecular complexity index is 817. The summed E-state index contributed by atoms with van der Waals surface area (Å²) in [4.78, 5) is 24.4. The molecule has 2 atom stereocenters. The summed E-state index contributed by atoms with van der Waals surface area (Å²) < 4.78 is 5.22. The van der Waals surface area contributed by atoms with E-state index in [1.54, 1.807) is 19.2 Å². The predicted molar refractivity (Wildman–Crippen MR) is 109 cm³/mol. The van der Waals surface area contributed by atoms with Crippen molar-refractivity contribution in [3.05, 3.63) is 64.7 Å². The highest BCUT2D eigenvalue weighted by atomic mass is 35.5. The second kappa shape index (κ2) is 9.11. The number of halogens is 1. The lowest BCUT2D eigenvalue weighted by atomic mass is 10.00. The topological polar surface area (TPSA) is 67.4 Å². The van der Waals surface area contributed by atoms with Crippen LogP contribution in [-0.4, -0.2) is 18.9 Å². The summed E-state index contributed by atoms with van der Waals surface area (Å²) in [5.74, 6) is 0.966. The molecule has 1 aliphatic carbocycles. The van der Waals surface area contributed by atoms with Gasteiger partial charge in [0.1, 0.15) is 5.75 Å². The Morgan fingerprint density at radius 3 is 2.18 bits per heavy atom. The van der Waals surface area contributed by atoms with Crippen LogP contribution in [-0.2, 0) is 9.59 Å². The normalized spacial score (nSPS) is 15.4. The van der Waals surface area contributed by atoms with Crippen LogP contribution in [0.2, 0.25) is 5.02 Å². The minimum absolute atomic E-state index is 0.0263. The van der Waals surface area contributed by atoms with Crippen molar-refractivity contribution in [2.45, 2.75) is 38.3 Å². The molecule has 3 rings (SSSR count). The van der Waals surface area contributed by atoms with Gasteiger partial charge in [-0.1, -0.05) is 35.9 Å². The van der Waals surface area contributed by atoms with E-state index in [4.69, 9.17) is 16.3 Å². The van der Waals surface area contributed by atoms with Gasteiger partial charge in [0.15, 0.2) is 0 Å². The molecule has 0 spiro atoms. The van der Waals surface area contributed by atoms with Crippen molar-refractivity contribution >= 4 is 23.4 Å². The van der Waals surface area contributed by atoms with Gasteiger partial charge in [0.25, 0.3) is 0 Å². The number of hydrogen-bond donors (Lipinski definition) is 2. The van der Waals surface area contributed by atoms with Gasteiger partial charge in [-0.05, 0) is 54.2 Å². The van der Waals surface area contributed by atoms with Gasteiger partial charge >= 0.3 is 0 Å². The van der Waals surface area contributed by atoms with E-state index >= 15 is 0 Å². The molecule has 28 heavy (non-hydrogen) atoms. The van der Waals surface area contributed by atoms with E-state index in [0.29, 0.717) is 10.9 Å². The number of nitrogens with one attached hydrogen (secondary N) is 2. The van der Waals surface area contributed by atoms with Crippen molar-refractivity contribution in [1.82, 2.24) is 10.6 Å². The first-order valence-electron chi connectivity index (χ1n) is 9.42. The zero-order valence-corrected chi connectivity index (χ0v) is 16.8. The SMILES string of the molecule is COc1ccc(C(NC(=O)CC(NC(C)=O)c2ccc(Cl)cc2)C2CC2)cc1. The Hall–Kier alpha value is -2.53. The summed E-state index contributed by atoms with van der Waals surface area (Å²) in [5.41, 5.74) is 1.92. The maximum Gasteiger partial charge on any atom is 0.222 e. The molecular weight excluding hydrogens is 376 g/mol. The van der Waals surface area contributed by atoms with Gasteiger partial charge in [0.05, 0.1) is 25.6 Å². The van der Waals surface area contributed by atoms with Crippen LogP contribution >= 0.6 is 11.6 Å². The van der Waals surface area contributed by atoms with Crippen LogP contribution < -0.4 is 15.4 Å². The van der Waals surface area contributed by atoms with E-state index in [0.717, 1.165) is 29.7 Å². The van der Waals surface area contributed by atoms with E-state index in [9.17, 15) is 9.59 Å². The van der Waals surface area contributed by atoms with E-state index in [1.807, 2.05) is 36.4 Å². The molecule has 0 radical (unpaired) electrons. The summed E-state index contributed by atoms with van der Waals surface area (Å²) >= 11 is 5.95. The molecule has 2 unspecified atom stereocenters. The second-order valence-electron chi connectivity index (χ2n) is 7.16. The summed E-state index contributed by atoms with van der Waals surface area (Å²) in [6, 6.07) is 14.6. The lowest BCUT2D eigenvalue weighted by molar-refractivity contribution is -0.123. The number of ether oxygens (including phenoxy) is 1. The molecule has 0 saturated heterocycles. The van der Waals surface area contributed by atoms with Crippen LogP contribution in [0.4, 0.5) is 0 Å². The van der Waals surface area contributed by atoms with E-state index in [1.165, 1.54) is 6.92 Å². The summed E-state index contributed by atoms with van der Waals surface area (Å²) in [6.45, 7) is 1.45. The van der Waals surface area contributed by atoms with Crippen LogP contribution in [0.25, 0.3) is 0 Å². The molecule has 2 N–H and O–H groups in total. The molecule has 0 aliphatic heterocycles. The minimum atomic E-state index is -0.398. The van der Waals surface area contributed by atoms with Gasteiger partial charge in [-0.25, -0.2) is 0 Å². The van der Waals surface area contributed by atoms with Crippen molar-refractivity contribution in [3.8, 4) is 5.75 Å². The first-order chi connectivity index (χ1) is 13.5. The van der Waals surface area contributed by atoms with Crippen LogP contribution in [0.1, 0.15) is 49.4 Å². The molecule has 1 fully saturated rings. The van der Waals surface area contributed by atoms with E-state index in [-0.39, 0.29) is 24.3 Å². The van der Waals surface area contributed by atoms with Crippen molar-refractivity contribution in [2.75, 3.05) is 7.11 Å². The van der Waals surface area contributed by atoms with Gasteiger partial charge in [-0.3, -0.25) is 9.59 Å². The van der Waals surface area contributed by atoms with Gasteiger partial charge in [-0.15, -0.1) is 0 Å². The van der Waals surface area contributed by atoms with E-state index in [2.05, 4.69) is 10.6 Å². The predicted octanol–water partition coefficient (Wildman–Crippen LogP) is 4.18. The van der Waals surface area contributed by atoms with Crippen molar-refractivity contribution in [3.63, 3.8) is 0 Å². The van der Waals surface area contributed by atoms with E-state index < -0.39 is 6.04 Å². The van der Waals surface area contributed by atoms with Crippen molar-refractivity contribution < 1.29 is 14.3 Å². The number of rotatable bonds is 8. The Morgan fingerprint density at radius 1 is 1.04 bits per heavy atom. The number of carbonyl (C=O) groups excluding carboxylic acids is 2. The van der Waals surface area contributed by atoms with Gasteiger partial charge in [0, 0.05) is 11.9 Å². The maximum atomic E-state index is 12.8. The molecule has 0 heterocycles. The van der Waals surface area contributed by atoms with Crippen LogP contribution in [0.15, 0.2) is 48.5 Å². The third-order valence-corrected chi connectivity index (χ3v) is 5.18. The Labute approximate surface area is 170 Å². The summed E-state index contributed by atoms with van der Waals surface area (Å²) in [6.07, 6.45) is 2.37. The summed E-state index contributed by atoms with van der Waals surface area (Å²) in [5, 5.41) is 6.63. The number of benzene rings is 2. The Morgan fingerprint density at radius 2 is 1.64 bits per heavy atom. The number of amides is 2. The third-order valence-electron chi connectivity index (χ3n) is 4.92. The molecule has 1 saturated carbocycles. The average molecular weight is 401 g/mol. The molecule has 2 aromatic rings. The molecule has 2 amide bonds. The highest BCUT2D eigenvalue weighted by molar-refractivity contribution is 6.30. The van der Waals surface area contributed by atoms with Crippen molar-refractivity contribution in [2.24, 2.45) is 5.92 Å².